The molecule has 0 unspecified atom stereocenters. The molecule has 0 fully saturated rings. The number of amides is 1. The molecule has 0 aliphatic rings. The summed E-state index contributed by atoms with van der Waals surface area (Å²) in [6, 6.07) is 7.44. The summed E-state index contributed by atoms with van der Waals surface area (Å²) in [4.78, 5) is 44.4. The summed E-state index contributed by atoms with van der Waals surface area (Å²) in [5, 5.41) is 19.5. The lowest BCUT2D eigenvalue weighted by molar-refractivity contribution is -0.152. The van der Waals surface area contributed by atoms with Crippen LogP contribution in [0.25, 0.3) is 0 Å². The van der Waals surface area contributed by atoms with Crippen LogP contribution >= 0.6 is 0 Å². The summed E-state index contributed by atoms with van der Waals surface area (Å²) in [6.45, 7) is 0. The van der Waals surface area contributed by atoms with Gasteiger partial charge in [0.05, 0.1) is 6.26 Å². The molecule has 0 aliphatic carbocycles. The highest BCUT2D eigenvalue weighted by molar-refractivity contribution is 6.31. The van der Waals surface area contributed by atoms with Gasteiger partial charge in [-0.3, -0.25) is 4.79 Å². The topological polar surface area (TPSA) is 143 Å². The first-order valence-corrected chi connectivity index (χ1v) is 6.98. The van der Waals surface area contributed by atoms with Crippen LogP contribution in [0.2, 0.25) is 0 Å². The Labute approximate surface area is 140 Å². The van der Waals surface area contributed by atoms with Crippen molar-refractivity contribution in [2.75, 3.05) is 0 Å². The van der Waals surface area contributed by atoms with Gasteiger partial charge >= 0.3 is 23.8 Å². The van der Waals surface area contributed by atoms with E-state index in [1.807, 2.05) is 5.32 Å². The summed E-state index contributed by atoms with van der Waals surface area (Å²) in [5.74, 6) is -4.99. The molecule has 1 aromatic carbocycles. The number of rotatable bonds is 6. The first-order valence-electron chi connectivity index (χ1n) is 6.98. The molecule has 0 aliphatic heterocycles. The maximum absolute atomic E-state index is 11.7. The number of hydrogen-bond acceptors (Lipinski definition) is 6. The first kappa shape index (κ1) is 17.7. The number of furan rings is 1. The zero-order valence-corrected chi connectivity index (χ0v) is 12.7. The lowest BCUT2D eigenvalue weighted by Gasteiger charge is -2.13. The molecular weight excluding hydrogens is 334 g/mol. The third-order valence-electron chi connectivity index (χ3n) is 3.09. The number of ether oxygens (including phenoxy) is 1. The van der Waals surface area contributed by atoms with Crippen molar-refractivity contribution in [1.82, 2.24) is 5.32 Å². The number of carboxylic acids is 2. The van der Waals surface area contributed by atoms with Gasteiger partial charge in [-0.1, -0.05) is 12.1 Å². The zero-order valence-electron chi connectivity index (χ0n) is 12.7. The second kappa shape index (κ2) is 7.77. The van der Waals surface area contributed by atoms with Crippen LogP contribution in [-0.2, 0) is 20.8 Å². The Bertz CT molecular complexity index is 779. The number of hydrogen-bond donors (Lipinski definition) is 3. The lowest BCUT2D eigenvalue weighted by atomic mass is 10.1. The SMILES string of the molecule is O=C(O)C(=O)N[C@H](Cc1ccc(OC(=O)c2ccco2)cc1)C(=O)O. The number of carboxylic acid groups (broad SMARTS) is 2. The minimum Gasteiger partial charge on any atom is -0.480 e. The van der Waals surface area contributed by atoms with Gasteiger partial charge in [-0.15, -0.1) is 0 Å². The summed E-state index contributed by atoms with van der Waals surface area (Å²) in [7, 11) is 0. The highest BCUT2D eigenvalue weighted by atomic mass is 16.5. The molecule has 0 spiro atoms. The van der Waals surface area contributed by atoms with Crippen LogP contribution < -0.4 is 10.1 Å². The lowest BCUT2D eigenvalue weighted by Crippen LogP contribution is -2.45. The van der Waals surface area contributed by atoms with E-state index in [4.69, 9.17) is 19.4 Å². The molecule has 9 heteroatoms. The third kappa shape index (κ3) is 4.93. The van der Waals surface area contributed by atoms with Crippen molar-refractivity contribution >= 4 is 23.8 Å². The molecule has 9 nitrogen and oxygen atoms in total. The van der Waals surface area contributed by atoms with Crippen molar-refractivity contribution in [3.63, 3.8) is 0 Å². The molecule has 0 bridgehead atoms. The molecule has 2 aromatic rings. The molecule has 1 aromatic heterocycles. The molecule has 0 radical (unpaired) electrons. The van der Waals surface area contributed by atoms with Crippen LogP contribution in [0.4, 0.5) is 0 Å². The summed E-state index contributed by atoms with van der Waals surface area (Å²) >= 11 is 0. The van der Waals surface area contributed by atoms with E-state index < -0.39 is 29.9 Å². The number of nitrogens with one attached hydrogen (secondary N) is 1. The maximum Gasteiger partial charge on any atom is 0.394 e. The summed E-state index contributed by atoms with van der Waals surface area (Å²) < 4.78 is 9.96. The van der Waals surface area contributed by atoms with Crippen molar-refractivity contribution in [2.24, 2.45) is 0 Å². The van der Waals surface area contributed by atoms with Crippen molar-refractivity contribution in [3.8, 4) is 5.75 Å². The van der Waals surface area contributed by atoms with Crippen LogP contribution in [0.15, 0.2) is 47.1 Å². The Hall–Kier alpha value is -3.62. The monoisotopic (exact) mass is 347 g/mol. The van der Waals surface area contributed by atoms with E-state index in [2.05, 4.69) is 0 Å². The molecule has 1 atom stereocenters. The van der Waals surface area contributed by atoms with E-state index in [1.165, 1.54) is 42.7 Å². The fraction of sp³-hybridized carbons (Fsp3) is 0.125. The van der Waals surface area contributed by atoms with Crippen molar-refractivity contribution < 1.29 is 38.5 Å². The third-order valence-corrected chi connectivity index (χ3v) is 3.09. The quantitative estimate of drug-likeness (QED) is 0.393. The van der Waals surface area contributed by atoms with Crippen LogP contribution in [0, 0.1) is 0 Å². The van der Waals surface area contributed by atoms with Crippen molar-refractivity contribution in [1.29, 1.82) is 0 Å². The van der Waals surface area contributed by atoms with Gasteiger partial charge in [-0.05, 0) is 29.8 Å². The van der Waals surface area contributed by atoms with Crippen molar-refractivity contribution in [3.05, 3.63) is 54.0 Å². The van der Waals surface area contributed by atoms with Crippen LogP contribution in [0.3, 0.4) is 0 Å². The van der Waals surface area contributed by atoms with E-state index >= 15 is 0 Å². The number of aliphatic carboxylic acids is 2. The van der Waals surface area contributed by atoms with E-state index in [0.717, 1.165) is 0 Å². The average molecular weight is 347 g/mol. The van der Waals surface area contributed by atoms with Crippen molar-refractivity contribution in [2.45, 2.75) is 12.5 Å². The number of esters is 1. The molecule has 2 rings (SSSR count). The Morgan fingerprint density at radius 1 is 1.08 bits per heavy atom. The highest BCUT2D eigenvalue weighted by Crippen LogP contribution is 2.15. The van der Waals surface area contributed by atoms with E-state index in [1.54, 1.807) is 0 Å². The number of carbonyl (C=O) groups excluding carboxylic acids is 2. The highest BCUT2D eigenvalue weighted by Gasteiger charge is 2.23. The fourth-order valence-electron chi connectivity index (χ4n) is 1.90. The minimum absolute atomic E-state index is 0.0337. The smallest absolute Gasteiger partial charge is 0.394 e. The fourth-order valence-corrected chi connectivity index (χ4v) is 1.90. The van der Waals surface area contributed by atoms with Gasteiger partial charge in [0.1, 0.15) is 11.8 Å². The molecule has 1 amide bonds. The Morgan fingerprint density at radius 2 is 1.76 bits per heavy atom. The Kier molecular flexibility index (Phi) is 5.51. The van der Waals surface area contributed by atoms with Crippen LogP contribution in [0.5, 0.6) is 5.75 Å². The first-order chi connectivity index (χ1) is 11.9. The van der Waals surface area contributed by atoms with Gasteiger partial charge in [-0.2, -0.15) is 0 Å². The normalized spacial score (nSPS) is 11.4. The maximum atomic E-state index is 11.7. The van der Waals surface area contributed by atoms with E-state index in [0.29, 0.717) is 5.56 Å². The molecule has 1 heterocycles. The van der Waals surface area contributed by atoms with E-state index in [9.17, 15) is 19.2 Å². The number of carbonyl (C=O) groups is 4. The van der Waals surface area contributed by atoms with Crippen LogP contribution in [-0.4, -0.2) is 40.1 Å². The zero-order chi connectivity index (χ0) is 18.4. The summed E-state index contributed by atoms with van der Waals surface area (Å²) in [5.41, 5.74) is 0.496. The average Bonchev–Trinajstić information content (AvgIpc) is 3.10. The van der Waals surface area contributed by atoms with E-state index in [-0.39, 0.29) is 17.9 Å². The standard InChI is InChI=1S/C16H13NO8/c18-13(15(21)22)17-11(14(19)20)8-9-3-5-10(6-4-9)25-16(23)12-2-1-7-24-12/h1-7,11H,8H2,(H,17,18)(H,19,20)(H,21,22)/t11-/m1/s1. The van der Waals surface area contributed by atoms with Crippen LogP contribution in [0.1, 0.15) is 16.1 Å². The Balaban J connectivity index is 2.00. The minimum atomic E-state index is -1.77. The Morgan fingerprint density at radius 3 is 2.28 bits per heavy atom. The van der Waals surface area contributed by atoms with Gasteiger partial charge in [-0.25, -0.2) is 14.4 Å². The molecule has 0 saturated carbocycles. The van der Waals surface area contributed by atoms with Gasteiger partial charge in [0.2, 0.25) is 5.76 Å². The molecular formula is C16H13NO8. The molecule has 130 valence electrons. The second-order valence-corrected chi connectivity index (χ2v) is 4.88. The second-order valence-electron chi connectivity index (χ2n) is 4.88. The van der Waals surface area contributed by atoms with Gasteiger partial charge in [0.15, 0.2) is 0 Å². The predicted molar refractivity (Wildman–Crippen MR) is 81.0 cm³/mol. The largest absolute Gasteiger partial charge is 0.480 e. The van der Waals surface area contributed by atoms with Gasteiger partial charge in [0.25, 0.3) is 0 Å². The number of benzene rings is 1. The predicted octanol–water partition coefficient (Wildman–Crippen LogP) is 0.695. The van der Waals surface area contributed by atoms with Gasteiger partial charge in [0, 0.05) is 6.42 Å². The molecule has 0 saturated heterocycles. The molecule has 25 heavy (non-hydrogen) atoms. The molecule has 3 N–H and O–H groups in total. The summed E-state index contributed by atoms with van der Waals surface area (Å²) in [6.07, 6.45) is 1.19. The van der Waals surface area contributed by atoms with Gasteiger partial charge < -0.3 is 24.7 Å².